The molecule has 3 aromatic rings. The van der Waals surface area contributed by atoms with Crippen LogP contribution >= 0.6 is 0 Å². The summed E-state index contributed by atoms with van der Waals surface area (Å²) in [6.45, 7) is 2.82. The number of aromatic nitrogens is 2. The third kappa shape index (κ3) is 5.17. The Labute approximate surface area is 198 Å². The molecule has 3 heterocycles. The van der Waals surface area contributed by atoms with Crippen molar-refractivity contribution < 1.29 is 19.1 Å². The number of aryl methyl sites for hydroxylation is 1. The average molecular weight is 461 g/mol. The Hall–Kier alpha value is -3.94. The highest BCUT2D eigenvalue weighted by Crippen LogP contribution is 2.23. The summed E-state index contributed by atoms with van der Waals surface area (Å²) in [7, 11) is 3.24. The predicted octanol–water partition coefficient (Wildman–Crippen LogP) is 4.09. The molecule has 0 unspecified atom stereocenters. The number of amides is 2. The van der Waals surface area contributed by atoms with Crippen molar-refractivity contribution in [3.05, 3.63) is 65.9 Å². The minimum absolute atomic E-state index is 0.203. The maximum absolute atomic E-state index is 12.7. The summed E-state index contributed by atoms with van der Waals surface area (Å²) in [5.41, 5.74) is 4.16. The van der Waals surface area contributed by atoms with Crippen molar-refractivity contribution in [1.29, 1.82) is 0 Å². The molecular weight excluding hydrogens is 432 g/mol. The molecule has 1 fully saturated rings. The molecule has 0 radical (unpaired) electrons. The largest absolute Gasteiger partial charge is 0.481 e. The quantitative estimate of drug-likeness (QED) is 0.471. The lowest BCUT2D eigenvalue weighted by Gasteiger charge is -2.18. The number of likely N-dealkylation sites (N-methyl/N-ethyl adjacent to an activating group) is 1. The first-order valence-corrected chi connectivity index (χ1v) is 11.3. The second-order valence-corrected chi connectivity index (χ2v) is 8.21. The number of cyclic esters (lactones) is 1. The van der Waals surface area contributed by atoms with Crippen LogP contribution in [0.3, 0.4) is 0 Å². The molecule has 1 aliphatic heterocycles. The summed E-state index contributed by atoms with van der Waals surface area (Å²) in [6.07, 6.45) is 6.14. The zero-order valence-electron chi connectivity index (χ0n) is 19.6. The molecule has 0 N–H and O–H groups in total. The molecule has 0 bridgehead atoms. The minimum Gasteiger partial charge on any atom is -0.481 e. The number of methoxy groups -OCH3 is 1. The molecule has 0 saturated carbocycles. The minimum atomic E-state index is -0.405. The van der Waals surface area contributed by atoms with E-state index in [0.29, 0.717) is 30.0 Å². The molecule has 1 saturated heterocycles. The molecule has 176 valence electrons. The summed E-state index contributed by atoms with van der Waals surface area (Å²) in [5, 5.41) is 0. The zero-order valence-corrected chi connectivity index (χ0v) is 19.6. The summed E-state index contributed by atoms with van der Waals surface area (Å²) < 4.78 is 10.7. The zero-order chi connectivity index (χ0) is 24.1. The van der Waals surface area contributed by atoms with Gasteiger partial charge in [0.1, 0.15) is 6.10 Å². The van der Waals surface area contributed by atoms with E-state index in [2.05, 4.69) is 16.9 Å². The average Bonchev–Trinajstić information content (AvgIpc) is 3.22. The molecule has 1 aliphatic rings. The Morgan fingerprint density at radius 1 is 1.24 bits per heavy atom. The Bertz CT molecular complexity index is 1210. The highest BCUT2D eigenvalue weighted by atomic mass is 16.6. The molecule has 8 nitrogen and oxygen atoms in total. The summed E-state index contributed by atoms with van der Waals surface area (Å²) in [6, 6.07) is 13.3. The van der Waals surface area contributed by atoms with E-state index in [1.807, 2.05) is 30.3 Å². The fraction of sp³-hybridized carbons (Fsp3) is 0.308. The highest BCUT2D eigenvalue weighted by Gasteiger charge is 2.33. The fourth-order valence-corrected chi connectivity index (χ4v) is 3.92. The number of pyridine rings is 2. The number of ether oxygens (including phenoxy) is 2. The van der Waals surface area contributed by atoms with Crippen LogP contribution in [0.1, 0.15) is 24.5 Å². The summed E-state index contributed by atoms with van der Waals surface area (Å²) >= 11 is 0. The van der Waals surface area contributed by atoms with E-state index in [1.165, 1.54) is 11.6 Å². The van der Waals surface area contributed by atoms with Gasteiger partial charge in [0.2, 0.25) is 11.8 Å². The first kappa shape index (κ1) is 23.2. The van der Waals surface area contributed by atoms with Crippen LogP contribution in [-0.2, 0) is 16.0 Å². The van der Waals surface area contributed by atoms with E-state index in [0.717, 1.165) is 24.1 Å². The smallest absolute Gasteiger partial charge is 0.414 e. The van der Waals surface area contributed by atoms with Gasteiger partial charge in [-0.3, -0.25) is 14.7 Å². The van der Waals surface area contributed by atoms with E-state index < -0.39 is 12.2 Å². The lowest BCUT2D eigenvalue weighted by atomic mass is 10.1. The number of hydrogen-bond donors (Lipinski definition) is 0. The predicted molar refractivity (Wildman–Crippen MR) is 131 cm³/mol. The molecule has 2 aromatic heterocycles. The Kier molecular flexibility index (Phi) is 7.06. The normalized spacial score (nSPS) is 15.7. The molecular formula is C26H28N4O4. The van der Waals surface area contributed by atoms with Gasteiger partial charge in [0.05, 0.1) is 31.2 Å². The second kappa shape index (κ2) is 10.3. The van der Waals surface area contributed by atoms with Crippen molar-refractivity contribution in [2.45, 2.75) is 25.9 Å². The lowest BCUT2D eigenvalue weighted by molar-refractivity contribution is -0.125. The van der Waals surface area contributed by atoms with Gasteiger partial charge in [-0.1, -0.05) is 25.5 Å². The van der Waals surface area contributed by atoms with Gasteiger partial charge in [0.15, 0.2) is 0 Å². The first-order chi connectivity index (χ1) is 16.5. The van der Waals surface area contributed by atoms with Crippen molar-refractivity contribution in [3.63, 3.8) is 0 Å². The van der Waals surface area contributed by atoms with Gasteiger partial charge < -0.3 is 14.4 Å². The van der Waals surface area contributed by atoms with Crippen LogP contribution in [0, 0.1) is 0 Å². The number of nitrogens with zero attached hydrogens (tertiary/aromatic N) is 4. The van der Waals surface area contributed by atoms with Crippen molar-refractivity contribution in [3.8, 4) is 5.88 Å². The van der Waals surface area contributed by atoms with Crippen LogP contribution in [0.4, 0.5) is 10.5 Å². The SMILES string of the molecule is CCCc1ccc(N2C[C@H](CN(C)C(=O)/C=C/c3ccnc4ccc(OC)nc34)OC2=O)cc1. The molecule has 0 spiro atoms. The molecule has 1 atom stereocenters. The second-order valence-electron chi connectivity index (χ2n) is 8.21. The van der Waals surface area contributed by atoms with Gasteiger partial charge in [0.25, 0.3) is 0 Å². The highest BCUT2D eigenvalue weighted by molar-refractivity contribution is 5.95. The van der Waals surface area contributed by atoms with Crippen molar-refractivity contribution in [2.75, 3.05) is 32.1 Å². The van der Waals surface area contributed by atoms with E-state index >= 15 is 0 Å². The monoisotopic (exact) mass is 460 g/mol. The summed E-state index contributed by atoms with van der Waals surface area (Å²) in [5.74, 6) is 0.275. The Morgan fingerprint density at radius 2 is 2.03 bits per heavy atom. The van der Waals surface area contributed by atoms with Crippen LogP contribution < -0.4 is 9.64 Å². The van der Waals surface area contributed by atoms with Crippen LogP contribution in [-0.4, -0.2) is 60.2 Å². The fourth-order valence-electron chi connectivity index (χ4n) is 3.92. The number of carbonyl (C=O) groups excluding carboxylic acids is 2. The van der Waals surface area contributed by atoms with Gasteiger partial charge in [-0.05, 0) is 42.3 Å². The van der Waals surface area contributed by atoms with Crippen molar-refractivity contribution in [1.82, 2.24) is 14.9 Å². The number of anilines is 1. The van der Waals surface area contributed by atoms with E-state index in [-0.39, 0.29) is 5.91 Å². The summed E-state index contributed by atoms with van der Waals surface area (Å²) in [4.78, 5) is 37.0. The van der Waals surface area contributed by atoms with Crippen LogP contribution in [0.2, 0.25) is 0 Å². The van der Waals surface area contributed by atoms with Gasteiger partial charge in [-0.2, -0.15) is 0 Å². The first-order valence-electron chi connectivity index (χ1n) is 11.3. The number of carbonyl (C=O) groups is 2. The molecule has 4 rings (SSSR count). The topological polar surface area (TPSA) is 84.9 Å². The molecule has 0 aliphatic carbocycles. The van der Waals surface area contributed by atoms with Crippen molar-refractivity contribution >= 4 is 34.8 Å². The Morgan fingerprint density at radius 3 is 2.76 bits per heavy atom. The maximum Gasteiger partial charge on any atom is 0.414 e. The molecule has 34 heavy (non-hydrogen) atoms. The third-order valence-corrected chi connectivity index (χ3v) is 5.72. The third-order valence-electron chi connectivity index (χ3n) is 5.72. The lowest BCUT2D eigenvalue weighted by Crippen LogP contribution is -2.35. The molecule has 2 amide bonds. The van der Waals surface area contributed by atoms with E-state index in [1.54, 1.807) is 48.4 Å². The van der Waals surface area contributed by atoms with E-state index in [9.17, 15) is 9.59 Å². The Balaban J connectivity index is 1.39. The van der Waals surface area contributed by atoms with Crippen LogP contribution in [0.15, 0.2) is 54.7 Å². The molecule has 8 heteroatoms. The van der Waals surface area contributed by atoms with Gasteiger partial charge >= 0.3 is 6.09 Å². The number of hydrogen-bond acceptors (Lipinski definition) is 6. The van der Waals surface area contributed by atoms with Crippen LogP contribution in [0.25, 0.3) is 17.1 Å². The standard InChI is InChI=1S/C26H28N4O4/c1-4-5-18-6-9-20(10-7-18)30-17-21(34-26(30)32)16-29(2)24(31)13-8-19-14-15-27-22-11-12-23(33-3)28-25(19)22/h6-15,21H,4-5,16-17H2,1-3H3/b13-8+/t21-/m0/s1. The van der Waals surface area contributed by atoms with E-state index in [4.69, 9.17) is 9.47 Å². The van der Waals surface area contributed by atoms with Crippen molar-refractivity contribution in [2.24, 2.45) is 0 Å². The number of fused-ring (bicyclic) bond motifs is 1. The number of rotatable bonds is 8. The van der Waals surface area contributed by atoms with Gasteiger partial charge in [0, 0.05) is 36.6 Å². The number of benzene rings is 1. The van der Waals surface area contributed by atoms with Crippen LogP contribution in [0.5, 0.6) is 5.88 Å². The van der Waals surface area contributed by atoms with Gasteiger partial charge in [-0.25, -0.2) is 9.78 Å². The molecule has 1 aromatic carbocycles. The maximum atomic E-state index is 12.7. The van der Waals surface area contributed by atoms with Gasteiger partial charge in [-0.15, -0.1) is 0 Å².